The quantitative estimate of drug-likeness (QED) is 0.445. The molecule has 4 unspecified atom stereocenters. The number of carbonyl (C=O) groups excluding carboxylic acids is 1. The smallest absolute Gasteiger partial charge is 0.246 e. The third-order valence-electron chi connectivity index (χ3n) is 5.57. The van der Waals surface area contributed by atoms with E-state index in [0.717, 1.165) is 18.5 Å². The van der Waals surface area contributed by atoms with Crippen molar-refractivity contribution in [1.29, 1.82) is 0 Å². The Labute approximate surface area is 162 Å². The molecule has 3 nitrogen and oxygen atoms in total. The molecule has 0 bridgehead atoms. The molecule has 27 heavy (non-hydrogen) atoms. The first-order valence-corrected chi connectivity index (χ1v) is 9.88. The largest absolute Gasteiger partial charge is 0.399 e. The molecule has 0 saturated carbocycles. The number of anilines is 1. The van der Waals surface area contributed by atoms with Crippen LogP contribution < -0.4 is 11.1 Å². The molecule has 3 N–H and O–H groups in total. The number of nitrogen functional groups attached to an aromatic ring is 1. The van der Waals surface area contributed by atoms with Gasteiger partial charge in [0.1, 0.15) is 0 Å². The molecule has 0 spiro atoms. The number of allylic oxidation sites excluding steroid dienone is 4. The van der Waals surface area contributed by atoms with E-state index in [4.69, 9.17) is 5.73 Å². The SMILES string of the molecule is C=C(C)C(=O)NC1C=CC(C2C=CC(C=Cc3ccc(N)cc3)CC2)CC1. The lowest BCUT2D eigenvalue weighted by Gasteiger charge is -2.31. The minimum absolute atomic E-state index is 0.0450. The minimum atomic E-state index is -0.0450. The lowest BCUT2D eigenvalue weighted by atomic mass is 9.76. The summed E-state index contributed by atoms with van der Waals surface area (Å²) in [6, 6.07) is 8.13. The fourth-order valence-electron chi connectivity index (χ4n) is 3.83. The molecule has 0 fully saturated rings. The molecule has 142 valence electrons. The number of hydrogen-bond donors (Lipinski definition) is 2. The van der Waals surface area contributed by atoms with E-state index >= 15 is 0 Å². The van der Waals surface area contributed by atoms with Gasteiger partial charge in [0, 0.05) is 17.3 Å². The van der Waals surface area contributed by atoms with E-state index in [9.17, 15) is 4.79 Å². The van der Waals surface area contributed by atoms with Crippen molar-refractivity contribution in [2.45, 2.75) is 38.6 Å². The highest BCUT2D eigenvalue weighted by Crippen LogP contribution is 2.34. The highest BCUT2D eigenvalue weighted by molar-refractivity contribution is 5.92. The van der Waals surface area contributed by atoms with Crippen LogP contribution in [0.1, 0.15) is 38.2 Å². The second-order valence-electron chi connectivity index (χ2n) is 7.80. The zero-order valence-electron chi connectivity index (χ0n) is 16.1. The first-order chi connectivity index (χ1) is 13.0. The second kappa shape index (κ2) is 8.90. The maximum absolute atomic E-state index is 11.7. The highest BCUT2D eigenvalue weighted by atomic mass is 16.1. The standard InChI is InChI=1S/C24H30N2O/c1-17(2)24(27)26-23-15-11-21(12-16-23)20-9-5-18(6-10-20)3-4-19-7-13-22(25)14-8-19/h3-5,7-9,11,13-15,18,20-21,23H,1,6,10,12,16,25H2,2H3,(H,26,27). The van der Waals surface area contributed by atoms with Gasteiger partial charge in [-0.2, -0.15) is 0 Å². The van der Waals surface area contributed by atoms with E-state index in [1.807, 2.05) is 12.1 Å². The van der Waals surface area contributed by atoms with Gasteiger partial charge < -0.3 is 11.1 Å². The molecule has 0 heterocycles. The van der Waals surface area contributed by atoms with Crippen LogP contribution in [-0.4, -0.2) is 11.9 Å². The fourth-order valence-corrected chi connectivity index (χ4v) is 3.83. The molecule has 3 heteroatoms. The monoisotopic (exact) mass is 362 g/mol. The van der Waals surface area contributed by atoms with E-state index in [2.05, 4.69) is 60.5 Å². The second-order valence-corrected chi connectivity index (χ2v) is 7.80. The number of rotatable bonds is 5. The summed E-state index contributed by atoms with van der Waals surface area (Å²) in [6.07, 6.45) is 18.2. The molecule has 0 radical (unpaired) electrons. The van der Waals surface area contributed by atoms with Crippen LogP contribution in [0.25, 0.3) is 6.08 Å². The molecular formula is C24H30N2O. The van der Waals surface area contributed by atoms with Crippen LogP contribution in [0.15, 0.2) is 66.8 Å². The third kappa shape index (κ3) is 5.46. The van der Waals surface area contributed by atoms with E-state index in [-0.39, 0.29) is 11.9 Å². The van der Waals surface area contributed by atoms with E-state index in [1.165, 1.54) is 18.4 Å². The van der Waals surface area contributed by atoms with Gasteiger partial charge in [-0.3, -0.25) is 4.79 Å². The van der Waals surface area contributed by atoms with Crippen molar-refractivity contribution in [2.24, 2.45) is 17.8 Å². The normalized spacial score (nSPS) is 27.6. The summed E-state index contributed by atoms with van der Waals surface area (Å²) >= 11 is 0. The molecule has 4 atom stereocenters. The van der Waals surface area contributed by atoms with Gasteiger partial charge in [0.25, 0.3) is 0 Å². The van der Waals surface area contributed by atoms with Crippen molar-refractivity contribution in [3.05, 3.63) is 72.4 Å². The Kier molecular flexibility index (Phi) is 6.33. The lowest BCUT2D eigenvalue weighted by molar-refractivity contribution is -0.117. The van der Waals surface area contributed by atoms with Gasteiger partial charge in [0.2, 0.25) is 5.91 Å². The van der Waals surface area contributed by atoms with Crippen molar-refractivity contribution in [3.8, 4) is 0 Å². The number of carbonyl (C=O) groups is 1. The first kappa shape index (κ1) is 19.2. The molecule has 1 aromatic carbocycles. The molecule has 0 aromatic heterocycles. The summed E-state index contributed by atoms with van der Waals surface area (Å²) < 4.78 is 0. The Morgan fingerprint density at radius 2 is 1.70 bits per heavy atom. The zero-order chi connectivity index (χ0) is 19.2. The molecular weight excluding hydrogens is 332 g/mol. The Morgan fingerprint density at radius 3 is 2.26 bits per heavy atom. The maximum Gasteiger partial charge on any atom is 0.246 e. The highest BCUT2D eigenvalue weighted by Gasteiger charge is 2.25. The average Bonchev–Trinajstić information content (AvgIpc) is 2.68. The van der Waals surface area contributed by atoms with E-state index < -0.39 is 0 Å². The summed E-state index contributed by atoms with van der Waals surface area (Å²) in [6.45, 7) is 5.44. The maximum atomic E-state index is 11.7. The number of nitrogens with two attached hydrogens (primary N) is 1. The number of amides is 1. The predicted molar refractivity (Wildman–Crippen MR) is 114 cm³/mol. The van der Waals surface area contributed by atoms with Crippen molar-refractivity contribution in [1.82, 2.24) is 5.32 Å². The summed E-state index contributed by atoms with van der Waals surface area (Å²) in [7, 11) is 0. The van der Waals surface area contributed by atoms with Crippen molar-refractivity contribution >= 4 is 17.7 Å². The molecule has 1 aromatic rings. The Morgan fingerprint density at radius 1 is 1.04 bits per heavy atom. The van der Waals surface area contributed by atoms with Gasteiger partial charge in [0.05, 0.1) is 0 Å². The van der Waals surface area contributed by atoms with E-state index in [0.29, 0.717) is 23.3 Å². The van der Waals surface area contributed by atoms with Gasteiger partial charge in [-0.05, 0) is 68.1 Å². The van der Waals surface area contributed by atoms with Crippen LogP contribution in [0, 0.1) is 17.8 Å². The molecule has 0 saturated heterocycles. The lowest BCUT2D eigenvalue weighted by Crippen LogP contribution is -2.36. The van der Waals surface area contributed by atoms with Crippen LogP contribution in [-0.2, 0) is 4.79 Å². The van der Waals surface area contributed by atoms with Crippen molar-refractivity contribution < 1.29 is 4.79 Å². The minimum Gasteiger partial charge on any atom is -0.399 e. The van der Waals surface area contributed by atoms with Gasteiger partial charge in [-0.1, -0.05) is 55.2 Å². The van der Waals surface area contributed by atoms with Crippen LogP contribution in [0.3, 0.4) is 0 Å². The van der Waals surface area contributed by atoms with Gasteiger partial charge >= 0.3 is 0 Å². The van der Waals surface area contributed by atoms with Gasteiger partial charge in [-0.25, -0.2) is 0 Å². The Balaban J connectivity index is 1.51. The average molecular weight is 363 g/mol. The van der Waals surface area contributed by atoms with E-state index in [1.54, 1.807) is 6.92 Å². The predicted octanol–water partition coefficient (Wildman–Crippen LogP) is 4.89. The topological polar surface area (TPSA) is 55.1 Å². The van der Waals surface area contributed by atoms with Crippen LogP contribution in [0.2, 0.25) is 0 Å². The Bertz CT molecular complexity index is 757. The van der Waals surface area contributed by atoms with Crippen LogP contribution in [0.5, 0.6) is 0 Å². The Hall–Kier alpha value is -2.55. The third-order valence-corrected chi connectivity index (χ3v) is 5.57. The van der Waals surface area contributed by atoms with Gasteiger partial charge in [0.15, 0.2) is 0 Å². The van der Waals surface area contributed by atoms with Gasteiger partial charge in [-0.15, -0.1) is 0 Å². The summed E-state index contributed by atoms with van der Waals surface area (Å²) in [4.78, 5) is 11.7. The summed E-state index contributed by atoms with van der Waals surface area (Å²) in [5.41, 5.74) is 8.29. The molecule has 2 aliphatic rings. The van der Waals surface area contributed by atoms with Crippen LogP contribution >= 0.6 is 0 Å². The van der Waals surface area contributed by atoms with Crippen molar-refractivity contribution in [3.63, 3.8) is 0 Å². The molecule has 0 aliphatic heterocycles. The summed E-state index contributed by atoms with van der Waals surface area (Å²) in [5, 5.41) is 3.02. The zero-order valence-corrected chi connectivity index (χ0v) is 16.1. The number of nitrogens with one attached hydrogen (secondary N) is 1. The molecule has 2 aliphatic carbocycles. The van der Waals surface area contributed by atoms with Crippen molar-refractivity contribution in [2.75, 3.05) is 5.73 Å². The fraction of sp³-hybridized carbons (Fsp3) is 0.375. The summed E-state index contributed by atoms with van der Waals surface area (Å²) in [5.74, 6) is 1.66. The number of benzene rings is 1. The number of hydrogen-bond acceptors (Lipinski definition) is 2. The van der Waals surface area contributed by atoms with Crippen LogP contribution in [0.4, 0.5) is 5.69 Å². The molecule has 3 rings (SSSR count). The first-order valence-electron chi connectivity index (χ1n) is 9.88. The molecule has 1 amide bonds.